The van der Waals surface area contributed by atoms with Gasteiger partial charge in [0.2, 0.25) is 0 Å². The first-order valence-corrected chi connectivity index (χ1v) is 5.74. The predicted octanol–water partition coefficient (Wildman–Crippen LogP) is 2.70. The summed E-state index contributed by atoms with van der Waals surface area (Å²) in [5, 5.41) is 0. The molecule has 1 aromatic carbocycles. The standard InChI is InChI=1S/C14H20O4/c1-14(2,18-5)9-10(15)13-11(16-3)7-6-8-12(13)17-4/h6-8H,9H2,1-5H3. The van der Waals surface area contributed by atoms with Gasteiger partial charge in [-0.25, -0.2) is 0 Å². The Balaban J connectivity index is 3.11. The lowest BCUT2D eigenvalue weighted by Crippen LogP contribution is -2.26. The zero-order chi connectivity index (χ0) is 13.8. The number of carbonyl (C=O) groups excluding carboxylic acids is 1. The number of benzene rings is 1. The van der Waals surface area contributed by atoms with E-state index >= 15 is 0 Å². The molecule has 0 saturated heterocycles. The molecule has 1 aromatic rings. The maximum Gasteiger partial charge on any atom is 0.173 e. The molecule has 0 spiro atoms. The third kappa shape index (κ3) is 3.23. The highest BCUT2D eigenvalue weighted by atomic mass is 16.5. The Kier molecular flexibility index (Phi) is 4.73. The quantitative estimate of drug-likeness (QED) is 0.730. The van der Waals surface area contributed by atoms with Crippen LogP contribution in [0, 0.1) is 0 Å². The van der Waals surface area contributed by atoms with Crippen LogP contribution in [0.15, 0.2) is 18.2 Å². The predicted molar refractivity (Wildman–Crippen MR) is 69.6 cm³/mol. The first-order chi connectivity index (χ1) is 8.45. The van der Waals surface area contributed by atoms with Crippen molar-refractivity contribution >= 4 is 5.78 Å². The number of ether oxygens (including phenoxy) is 3. The minimum Gasteiger partial charge on any atom is -0.496 e. The zero-order valence-electron chi connectivity index (χ0n) is 11.6. The molecule has 100 valence electrons. The molecule has 0 atom stereocenters. The fourth-order valence-corrected chi connectivity index (χ4v) is 1.67. The Hall–Kier alpha value is -1.55. The van der Waals surface area contributed by atoms with Gasteiger partial charge < -0.3 is 14.2 Å². The van der Waals surface area contributed by atoms with Crippen LogP contribution in [0.3, 0.4) is 0 Å². The second kappa shape index (κ2) is 5.87. The highest BCUT2D eigenvalue weighted by molar-refractivity contribution is 6.01. The largest absolute Gasteiger partial charge is 0.496 e. The molecule has 0 aliphatic heterocycles. The van der Waals surface area contributed by atoms with Gasteiger partial charge in [0, 0.05) is 13.5 Å². The fourth-order valence-electron chi connectivity index (χ4n) is 1.67. The summed E-state index contributed by atoms with van der Waals surface area (Å²) in [6.45, 7) is 3.74. The summed E-state index contributed by atoms with van der Waals surface area (Å²) in [6.07, 6.45) is 0.264. The number of methoxy groups -OCH3 is 3. The third-order valence-electron chi connectivity index (χ3n) is 2.85. The molecule has 0 aliphatic rings. The zero-order valence-corrected chi connectivity index (χ0v) is 11.6. The summed E-state index contributed by atoms with van der Waals surface area (Å²) in [5.74, 6) is 0.980. The summed E-state index contributed by atoms with van der Waals surface area (Å²) in [6, 6.07) is 5.28. The summed E-state index contributed by atoms with van der Waals surface area (Å²) in [5.41, 5.74) is -0.0456. The maximum atomic E-state index is 12.3. The van der Waals surface area contributed by atoms with E-state index in [2.05, 4.69) is 0 Å². The van der Waals surface area contributed by atoms with Gasteiger partial charge in [0.15, 0.2) is 5.78 Å². The first kappa shape index (κ1) is 14.5. The van der Waals surface area contributed by atoms with E-state index in [1.54, 1.807) is 25.3 Å². The normalized spacial score (nSPS) is 11.2. The van der Waals surface area contributed by atoms with E-state index in [-0.39, 0.29) is 12.2 Å². The first-order valence-electron chi connectivity index (χ1n) is 5.74. The summed E-state index contributed by atoms with van der Waals surface area (Å²) >= 11 is 0. The van der Waals surface area contributed by atoms with Gasteiger partial charge in [-0.15, -0.1) is 0 Å². The average molecular weight is 252 g/mol. The van der Waals surface area contributed by atoms with Crippen LogP contribution < -0.4 is 9.47 Å². The molecule has 0 heterocycles. The topological polar surface area (TPSA) is 44.8 Å². The van der Waals surface area contributed by atoms with Crippen LogP contribution in [0.4, 0.5) is 0 Å². The van der Waals surface area contributed by atoms with E-state index in [1.807, 2.05) is 13.8 Å². The lowest BCUT2D eigenvalue weighted by atomic mass is 9.96. The van der Waals surface area contributed by atoms with Crippen molar-refractivity contribution in [1.29, 1.82) is 0 Å². The average Bonchev–Trinajstić information content (AvgIpc) is 2.37. The molecule has 0 radical (unpaired) electrons. The number of Topliss-reactive ketones (excluding diaryl/α,β-unsaturated/α-hetero) is 1. The molecule has 0 aliphatic carbocycles. The third-order valence-corrected chi connectivity index (χ3v) is 2.85. The lowest BCUT2D eigenvalue weighted by Gasteiger charge is -2.22. The van der Waals surface area contributed by atoms with Crippen LogP contribution in [0.25, 0.3) is 0 Å². The minimum absolute atomic E-state index is 0.0591. The highest BCUT2D eigenvalue weighted by Gasteiger charge is 2.26. The highest BCUT2D eigenvalue weighted by Crippen LogP contribution is 2.31. The smallest absolute Gasteiger partial charge is 0.173 e. The summed E-state index contributed by atoms with van der Waals surface area (Å²) in [7, 11) is 4.66. The van der Waals surface area contributed by atoms with Crippen molar-refractivity contribution in [3.8, 4) is 11.5 Å². The molecule has 0 aromatic heterocycles. The van der Waals surface area contributed by atoms with E-state index in [4.69, 9.17) is 14.2 Å². The fraction of sp³-hybridized carbons (Fsp3) is 0.500. The maximum absolute atomic E-state index is 12.3. The molecule has 4 nitrogen and oxygen atoms in total. The van der Waals surface area contributed by atoms with E-state index in [9.17, 15) is 4.79 Å². The van der Waals surface area contributed by atoms with Gasteiger partial charge in [-0.05, 0) is 26.0 Å². The Morgan fingerprint density at radius 3 is 2.00 bits per heavy atom. The molecule has 1 rings (SSSR count). The van der Waals surface area contributed by atoms with Gasteiger partial charge in [0.05, 0.1) is 19.8 Å². The van der Waals surface area contributed by atoms with Crippen LogP contribution in [0.1, 0.15) is 30.6 Å². The van der Waals surface area contributed by atoms with Crippen molar-refractivity contribution in [3.63, 3.8) is 0 Å². The van der Waals surface area contributed by atoms with E-state index in [0.29, 0.717) is 17.1 Å². The van der Waals surface area contributed by atoms with Gasteiger partial charge in [0.25, 0.3) is 0 Å². The molecule has 4 heteroatoms. The Morgan fingerprint density at radius 1 is 1.11 bits per heavy atom. The Bertz CT molecular complexity index is 402. The van der Waals surface area contributed by atoms with Crippen LogP contribution in [0.2, 0.25) is 0 Å². The molecule has 0 N–H and O–H groups in total. The summed E-state index contributed by atoms with van der Waals surface area (Å²) < 4.78 is 15.7. The van der Waals surface area contributed by atoms with Crippen LogP contribution in [-0.4, -0.2) is 32.7 Å². The van der Waals surface area contributed by atoms with Crippen molar-refractivity contribution in [2.75, 3.05) is 21.3 Å². The molecule has 0 fully saturated rings. The molecule has 0 amide bonds. The monoisotopic (exact) mass is 252 g/mol. The molecule has 0 saturated carbocycles. The number of ketones is 1. The second-order valence-electron chi connectivity index (χ2n) is 4.60. The second-order valence-corrected chi connectivity index (χ2v) is 4.60. The molecule has 0 bridgehead atoms. The number of hydrogen-bond acceptors (Lipinski definition) is 4. The Labute approximate surface area is 108 Å². The number of hydrogen-bond donors (Lipinski definition) is 0. The summed E-state index contributed by atoms with van der Waals surface area (Å²) in [4.78, 5) is 12.3. The SMILES string of the molecule is COc1cccc(OC)c1C(=O)CC(C)(C)OC. The lowest BCUT2D eigenvalue weighted by molar-refractivity contribution is 0.0170. The van der Waals surface area contributed by atoms with Gasteiger partial charge in [-0.2, -0.15) is 0 Å². The van der Waals surface area contributed by atoms with Crippen LogP contribution in [0.5, 0.6) is 11.5 Å². The van der Waals surface area contributed by atoms with Crippen LogP contribution >= 0.6 is 0 Å². The molecule has 18 heavy (non-hydrogen) atoms. The van der Waals surface area contributed by atoms with Crippen LogP contribution in [-0.2, 0) is 4.74 Å². The number of rotatable bonds is 6. The van der Waals surface area contributed by atoms with Gasteiger partial charge in [-0.1, -0.05) is 6.07 Å². The van der Waals surface area contributed by atoms with Crippen molar-refractivity contribution in [2.24, 2.45) is 0 Å². The Morgan fingerprint density at radius 2 is 1.61 bits per heavy atom. The molecular formula is C14H20O4. The number of carbonyl (C=O) groups is 1. The van der Waals surface area contributed by atoms with Crippen molar-refractivity contribution in [2.45, 2.75) is 25.9 Å². The minimum atomic E-state index is -0.511. The van der Waals surface area contributed by atoms with Gasteiger partial charge in [-0.3, -0.25) is 4.79 Å². The van der Waals surface area contributed by atoms with Crippen molar-refractivity contribution < 1.29 is 19.0 Å². The van der Waals surface area contributed by atoms with E-state index in [0.717, 1.165) is 0 Å². The van der Waals surface area contributed by atoms with Crippen molar-refractivity contribution in [3.05, 3.63) is 23.8 Å². The van der Waals surface area contributed by atoms with Crippen molar-refractivity contribution in [1.82, 2.24) is 0 Å². The van der Waals surface area contributed by atoms with Gasteiger partial charge >= 0.3 is 0 Å². The van der Waals surface area contributed by atoms with E-state index in [1.165, 1.54) is 14.2 Å². The molecule has 0 unspecified atom stereocenters. The van der Waals surface area contributed by atoms with Gasteiger partial charge in [0.1, 0.15) is 17.1 Å². The molecular weight excluding hydrogens is 232 g/mol. The van der Waals surface area contributed by atoms with E-state index < -0.39 is 5.60 Å².